The number of Topliss-reactive ketones (excluding diaryl/α,β-unsaturated/α-hetero) is 1. The zero-order chi connectivity index (χ0) is 15.6. The molecule has 0 spiro atoms. The van der Waals surface area contributed by atoms with Crippen LogP contribution < -0.4 is 5.32 Å². The van der Waals surface area contributed by atoms with Gasteiger partial charge in [0.1, 0.15) is 5.78 Å². The van der Waals surface area contributed by atoms with Crippen molar-refractivity contribution in [2.45, 2.75) is 83.8 Å². The first-order valence-corrected chi connectivity index (χ1v) is 8.40. The maximum atomic E-state index is 12.4. The van der Waals surface area contributed by atoms with Crippen molar-refractivity contribution in [1.82, 2.24) is 10.2 Å². The Bertz CT molecular complexity index is 400. The van der Waals surface area contributed by atoms with Gasteiger partial charge in [0.05, 0.1) is 6.04 Å². The van der Waals surface area contributed by atoms with E-state index in [0.29, 0.717) is 5.78 Å². The van der Waals surface area contributed by atoms with Crippen molar-refractivity contribution in [3.8, 4) is 0 Å². The van der Waals surface area contributed by atoms with E-state index < -0.39 is 0 Å². The van der Waals surface area contributed by atoms with Gasteiger partial charge in [0, 0.05) is 23.9 Å². The van der Waals surface area contributed by atoms with E-state index in [9.17, 15) is 9.59 Å². The summed E-state index contributed by atoms with van der Waals surface area (Å²) in [4.78, 5) is 26.9. The Morgan fingerprint density at radius 3 is 2.57 bits per heavy atom. The van der Waals surface area contributed by atoms with Gasteiger partial charge in [0.2, 0.25) is 5.91 Å². The van der Waals surface area contributed by atoms with Gasteiger partial charge in [-0.3, -0.25) is 14.5 Å². The zero-order valence-corrected chi connectivity index (χ0v) is 13.9. The number of amides is 1. The number of hydrogen-bond donors (Lipinski definition) is 1. The smallest absolute Gasteiger partial charge is 0.237 e. The molecule has 1 N–H and O–H groups in total. The number of rotatable bonds is 3. The van der Waals surface area contributed by atoms with Crippen molar-refractivity contribution >= 4 is 11.7 Å². The van der Waals surface area contributed by atoms with Crippen LogP contribution in [0.5, 0.6) is 0 Å². The zero-order valence-electron chi connectivity index (χ0n) is 13.9. The quantitative estimate of drug-likeness (QED) is 0.870. The lowest BCUT2D eigenvalue weighted by atomic mass is 9.81. The van der Waals surface area contributed by atoms with Crippen LogP contribution in [-0.4, -0.2) is 40.8 Å². The van der Waals surface area contributed by atoms with Crippen LogP contribution in [0.2, 0.25) is 0 Å². The SMILES string of the molecule is CC(C(=O)NC(C)(C)C)N1CCCC1C1CCCCC1=O. The second-order valence-corrected chi connectivity index (χ2v) is 7.68. The summed E-state index contributed by atoms with van der Waals surface area (Å²) >= 11 is 0. The molecular formula is C17H30N2O2. The molecule has 2 aliphatic rings. The lowest BCUT2D eigenvalue weighted by molar-refractivity contribution is -0.132. The fourth-order valence-corrected chi connectivity index (χ4v) is 3.77. The highest BCUT2D eigenvalue weighted by molar-refractivity contribution is 5.84. The fourth-order valence-electron chi connectivity index (χ4n) is 3.77. The first-order valence-electron chi connectivity index (χ1n) is 8.40. The van der Waals surface area contributed by atoms with Crippen LogP contribution in [-0.2, 0) is 9.59 Å². The third kappa shape index (κ3) is 4.06. The van der Waals surface area contributed by atoms with Gasteiger partial charge in [-0.25, -0.2) is 0 Å². The van der Waals surface area contributed by atoms with E-state index in [1.165, 1.54) is 0 Å². The summed E-state index contributed by atoms with van der Waals surface area (Å²) in [6, 6.07) is 0.130. The molecule has 2 rings (SSSR count). The summed E-state index contributed by atoms with van der Waals surface area (Å²) in [5, 5.41) is 3.06. The Morgan fingerprint density at radius 2 is 1.95 bits per heavy atom. The van der Waals surface area contributed by atoms with Gasteiger partial charge in [-0.1, -0.05) is 6.42 Å². The van der Waals surface area contributed by atoms with Gasteiger partial charge in [0.15, 0.2) is 0 Å². The Balaban J connectivity index is 2.03. The van der Waals surface area contributed by atoms with E-state index in [2.05, 4.69) is 10.2 Å². The van der Waals surface area contributed by atoms with Crippen molar-refractivity contribution < 1.29 is 9.59 Å². The number of nitrogens with zero attached hydrogens (tertiary/aromatic N) is 1. The summed E-state index contributed by atoms with van der Waals surface area (Å²) in [5.41, 5.74) is -0.207. The van der Waals surface area contributed by atoms with Crippen LogP contribution in [0.3, 0.4) is 0 Å². The largest absolute Gasteiger partial charge is 0.350 e. The molecule has 1 aliphatic heterocycles. The summed E-state index contributed by atoms with van der Waals surface area (Å²) in [6.07, 6.45) is 6.10. The van der Waals surface area contributed by atoms with Crippen molar-refractivity contribution in [3.63, 3.8) is 0 Å². The summed E-state index contributed by atoms with van der Waals surface area (Å²) in [6.45, 7) is 8.93. The minimum atomic E-state index is -0.207. The van der Waals surface area contributed by atoms with E-state index >= 15 is 0 Å². The van der Waals surface area contributed by atoms with Crippen LogP contribution in [0.25, 0.3) is 0 Å². The molecule has 21 heavy (non-hydrogen) atoms. The van der Waals surface area contributed by atoms with E-state index in [1.54, 1.807) is 0 Å². The molecule has 0 aromatic heterocycles. The molecule has 1 heterocycles. The average molecular weight is 294 g/mol. The Labute approximate surface area is 128 Å². The first-order chi connectivity index (χ1) is 9.79. The van der Waals surface area contributed by atoms with Crippen molar-refractivity contribution in [2.24, 2.45) is 5.92 Å². The molecule has 4 heteroatoms. The molecular weight excluding hydrogens is 264 g/mol. The van der Waals surface area contributed by atoms with Gasteiger partial charge >= 0.3 is 0 Å². The predicted octanol–water partition coefficient (Wildman–Crippen LogP) is 2.51. The van der Waals surface area contributed by atoms with Gasteiger partial charge < -0.3 is 5.32 Å². The van der Waals surface area contributed by atoms with Gasteiger partial charge in [-0.15, -0.1) is 0 Å². The fraction of sp³-hybridized carbons (Fsp3) is 0.882. The molecule has 1 aliphatic carbocycles. The van der Waals surface area contributed by atoms with E-state index in [-0.39, 0.29) is 29.4 Å². The highest BCUT2D eigenvalue weighted by Crippen LogP contribution is 2.33. The number of ketones is 1. The molecule has 0 aromatic rings. The Hall–Kier alpha value is -0.900. The molecule has 1 saturated heterocycles. The van der Waals surface area contributed by atoms with Crippen LogP contribution in [0.1, 0.15) is 66.2 Å². The molecule has 3 unspecified atom stereocenters. The predicted molar refractivity (Wildman–Crippen MR) is 84.1 cm³/mol. The molecule has 4 nitrogen and oxygen atoms in total. The maximum Gasteiger partial charge on any atom is 0.237 e. The third-order valence-corrected chi connectivity index (χ3v) is 4.78. The minimum Gasteiger partial charge on any atom is -0.350 e. The highest BCUT2D eigenvalue weighted by Gasteiger charge is 2.40. The van der Waals surface area contributed by atoms with Crippen LogP contribution in [0.4, 0.5) is 0 Å². The Morgan fingerprint density at radius 1 is 1.24 bits per heavy atom. The molecule has 0 radical (unpaired) electrons. The van der Waals surface area contributed by atoms with Crippen molar-refractivity contribution in [2.75, 3.05) is 6.54 Å². The topological polar surface area (TPSA) is 49.4 Å². The summed E-state index contributed by atoms with van der Waals surface area (Å²) in [7, 11) is 0. The van der Waals surface area contributed by atoms with E-state index in [0.717, 1.165) is 45.1 Å². The van der Waals surface area contributed by atoms with Gasteiger partial charge in [0.25, 0.3) is 0 Å². The van der Waals surface area contributed by atoms with Gasteiger partial charge in [-0.2, -0.15) is 0 Å². The summed E-state index contributed by atoms with van der Waals surface area (Å²) in [5.74, 6) is 0.658. The maximum absolute atomic E-state index is 12.4. The molecule has 3 atom stereocenters. The first kappa shape index (κ1) is 16.5. The van der Waals surface area contributed by atoms with E-state index in [1.807, 2.05) is 27.7 Å². The second-order valence-electron chi connectivity index (χ2n) is 7.68. The lowest BCUT2D eigenvalue weighted by Gasteiger charge is -2.37. The standard InChI is InChI=1S/C17H30N2O2/c1-12(16(21)18-17(2,3)4)19-11-7-9-14(19)13-8-5-6-10-15(13)20/h12-14H,5-11H2,1-4H3,(H,18,21). The number of carbonyl (C=O) groups is 2. The van der Waals surface area contributed by atoms with Crippen molar-refractivity contribution in [1.29, 1.82) is 0 Å². The normalized spacial score (nSPS) is 29.4. The van der Waals surface area contributed by atoms with Gasteiger partial charge in [-0.05, 0) is 59.9 Å². The van der Waals surface area contributed by atoms with Crippen LogP contribution in [0.15, 0.2) is 0 Å². The molecule has 2 fully saturated rings. The molecule has 0 bridgehead atoms. The summed E-state index contributed by atoms with van der Waals surface area (Å²) < 4.78 is 0. The second kappa shape index (κ2) is 6.47. The number of hydrogen-bond acceptors (Lipinski definition) is 3. The monoisotopic (exact) mass is 294 g/mol. The molecule has 1 amide bonds. The lowest BCUT2D eigenvalue weighted by Crippen LogP contribution is -2.54. The van der Waals surface area contributed by atoms with Crippen LogP contribution >= 0.6 is 0 Å². The van der Waals surface area contributed by atoms with Crippen molar-refractivity contribution in [3.05, 3.63) is 0 Å². The highest BCUT2D eigenvalue weighted by atomic mass is 16.2. The number of nitrogens with one attached hydrogen (secondary N) is 1. The Kier molecular flexibility index (Phi) is 5.07. The molecule has 0 aromatic carbocycles. The minimum absolute atomic E-state index is 0.0812. The van der Waals surface area contributed by atoms with Crippen LogP contribution in [0, 0.1) is 5.92 Å². The number of likely N-dealkylation sites (tertiary alicyclic amines) is 1. The molecule has 120 valence electrons. The molecule has 1 saturated carbocycles. The van der Waals surface area contributed by atoms with E-state index in [4.69, 9.17) is 0 Å². The number of carbonyl (C=O) groups excluding carboxylic acids is 2. The third-order valence-electron chi connectivity index (χ3n) is 4.78. The average Bonchev–Trinajstić information content (AvgIpc) is 2.85.